The summed E-state index contributed by atoms with van der Waals surface area (Å²) in [5.74, 6) is 0.0262. The van der Waals surface area contributed by atoms with E-state index in [4.69, 9.17) is 0 Å². The molecule has 1 heterocycles. The quantitative estimate of drug-likeness (QED) is 0.846. The third-order valence-corrected chi connectivity index (χ3v) is 2.55. The molecule has 0 bridgehead atoms. The van der Waals surface area contributed by atoms with Crippen molar-refractivity contribution in [3.8, 4) is 0 Å². The number of halogens is 3. The van der Waals surface area contributed by atoms with E-state index < -0.39 is 25.0 Å². The minimum atomic E-state index is -4.27. The van der Waals surface area contributed by atoms with Crippen LogP contribution in [0.15, 0.2) is 12.1 Å². The Kier molecular flexibility index (Phi) is 5.79. The number of nitrogens with zero attached hydrogens (tertiary/aromatic N) is 1. The van der Waals surface area contributed by atoms with E-state index in [1.54, 1.807) is 6.07 Å². The molecule has 0 aliphatic rings. The zero-order chi connectivity index (χ0) is 15.2. The van der Waals surface area contributed by atoms with Crippen molar-refractivity contribution >= 4 is 11.7 Å². The van der Waals surface area contributed by atoms with Crippen LogP contribution in [0, 0.1) is 0 Å². The molecule has 20 heavy (non-hydrogen) atoms. The van der Waals surface area contributed by atoms with Gasteiger partial charge in [-0.15, -0.1) is 0 Å². The number of anilines is 1. The molecule has 0 aliphatic carbocycles. The molecule has 0 spiro atoms. The third-order valence-electron chi connectivity index (χ3n) is 2.55. The van der Waals surface area contributed by atoms with Crippen molar-refractivity contribution in [3.05, 3.63) is 23.4 Å². The lowest BCUT2D eigenvalue weighted by Crippen LogP contribution is -2.28. The summed E-state index contributed by atoms with van der Waals surface area (Å²) < 4.78 is 36.1. The smallest absolute Gasteiger partial charge is 0.370 e. The number of carbonyl (C=O) groups excluding carboxylic acids is 1. The maximum absolute atomic E-state index is 12.0. The van der Waals surface area contributed by atoms with Gasteiger partial charge in [0.1, 0.15) is 5.82 Å². The Morgan fingerprint density at radius 3 is 2.55 bits per heavy atom. The number of hydrogen-bond donors (Lipinski definition) is 2. The topological polar surface area (TPSA) is 54.0 Å². The predicted octanol–water partition coefficient (Wildman–Crippen LogP) is 2.76. The Labute approximate surface area is 115 Å². The molecule has 0 saturated heterocycles. The van der Waals surface area contributed by atoms with Crippen molar-refractivity contribution in [1.82, 2.24) is 10.3 Å². The van der Waals surface area contributed by atoms with E-state index >= 15 is 0 Å². The molecule has 112 valence electrons. The molecular weight excluding hydrogens is 271 g/mol. The first-order chi connectivity index (χ1) is 9.35. The summed E-state index contributed by atoms with van der Waals surface area (Å²) in [5, 5.41) is 5.25. The fourth-order valence-corrected chi connectivity index (χ4v) is 1.59. The van der Waals surface area contributed by atoms with Crippen LogP contribution in [-0.2, 0) is 6.42 Å². The van der Waals surface area contributed by atoms with Gasteiger partial charge >= 0.3 is 6.18 Å². The standard InChI is InChI=1S/C13H18F3N3O/c1-3-10-7-9(8-11(19-10)17-4-2)12(20)18-6-5-13(14,15)16/h7-8H,3-6H2,1-2H3,(H,17,19)(H,18,20). The molecule has 4 nitrogen and oxygen atoms in total. The zero-order valence-electron chi connectivity index (χ0n) is 11.5. The fourth-order valence-electron chi connectivity index (χ4n) is 1.59. The summed E-state index contributed by atoms with van der Waals surface area (Å²) >= 11 is 0. The van der Waals surface area contributed by atoms with Crippen LogP contribution in [0.3, 0.4) is 0 Å². The first-order valence-corrected chi connectivity index (χ1v) is 6.45. The molecule has 1 aromatic heterocycles. The van der Waals surface area contributed by atoms with Crippen LogP contribution in [-0.4, -0.2) is 30.2 Å². The average Bonchev–Trinajstić information content (AvgIpc) is 2.37. The van der Waals surface area contributed by atoms with Gasteiger partial charge in [0, 0.05) is 24.3 Å². The molecule has 0 aliphatic heterocycles. The van der Waals surface area contributed by atoms with E-state index in [1.165, 1.54) is 6.07 Å². The minimum Gasteiger partial charge on any atom is -0.370 e. The summed E-state index contributed by atoms with van der Waals surface area (Å²) in [6.07, 6.45) is -4.67. The van der Waals surface area contributed by atoms with Gasteiger partial charge in [-0.1, -0.05) is 6.92 Å². The fraction of sp³-hybridized carbons (Fsp3) is 0.538. The SMILES string of the molecule is CCNc1cc(C(=O)NCCC(F)(F)F)cc(CC)n1. The van der Waals surface area contributed by atoms with Crippen molar-refractivity contribution < 1.29 is 18.0 Å². The highest BCUT2D eigenvalue weighted by Gasteiger charge is 2.26. The van der Waals surface area contributed by atoms with Crippen LogP contribution in [0.2, 0.25) is 0 Å². The number of amides is 1. The van der Waals surface area contributed by atoms with E-state index in [0.29, 0.717) is 30.0 Å². The first-order valence-electron chi connectivity index (χ1n) is 6.45. The highest BCUT2D eigenvalue weighted by Crippen LogP contribution is 2.18. The monoisotopic (exact) mass is 289 g/mol. The second-order valence-electron chi connectivity index (χ2n) is 4.24. The van der Waals surface area contributed by atoms with E-state index in [-0.39, 0.29) is 0 Å². The van der Waals surface area contributed by atoms with Crippen molar-refractivity contribution in [2.45, 2.75) is 32.9 Å². The lowest BCUT2D eigenvalue weighted by atomic mass is 10.1. The maximum atomic E-state index is 12.0. The van der Waals surface area contributed by atoms with Gasteiger partial charge in [0.05, 0.1) is 6.42 Å². The number of carbonyl (C=O) groups is 1. The van der Waals surface area contributed by atoms with Crippen LogP contribution in [0.1, 0.15) is 36.3 Å². The molecule has 1 amide bonds. The molecule has 0 unspecified atom stereocenters. The van der Waals surface area contributed by atoms with Gasteiger partial charge < -0.3 is 10.6 Å². The molecule has 0 saturated carbocycles. The lowest BCUT2D eigenvalue weighted by molar-refractivity contribution is -0.132. The summed E-state index contributed by atoms with van der Waals surface area (Å²) in [5.41, 5.74) is 1.03. The van der Waals surface area contributed by atoms with Crippen molar-refractivity contribution in [2.75, 3.05) is 18.4 Å². The normalized spacial score (nSPS) is 11.2. The Balaban J connectivity index is 2.73. The number of nitrogens with one attached hydrogen (secondary N) is 2. The number of alkyl halides is 3. The Hall–Kier alpha value is -1.79. The van der Waals surface area contributed by atoms with Crippen LogP contribution in [0.4, 0.5) is 19.0 Å². The van der Waals surface area contributed by atoms with Crippen molar-refractivity contribution in [3.63, 3.8) is 0 Å². The molecule has 0 radical (unpaired) electrons. The molecule has 0 atom stereocenters. The van der Waals surface area contributed by atoms with E-state index in [9.17, 15) is 18.0 Å². The van der Waals surface area contributed by atoms with Gasteiger partial charge in [0.15, 0.2) is 0 Å². The molecule has 0 fully saturated rings. The third kappa shape index (κ3) is 5.46. The van der Waals surface area contributed by atoms with Crippen LogP contribution in [0.5, 0.6) is 0 Å². The van der Waals surface area contributed by atoms with Crippen LogP contribution < -0.4 is 10.6 Å². The number of hydrogen-bond acceptors (Lipinski definition) is 3. The Morgan fingerprint density at radius 2 is 2.00 bits per heavy atom. The van der Waals surface area contributed by atoms with Gasteiger partial charge in [-0.2, -0.15) is 13.2 Å². The van der Waals surface area contributed by atoms with Gasteiger partial charge in [0.25, 0.3) is 5.91 Å². The predicted molar refractivity (Wildman–Crippen MR) is 70.8 cm³/mol. The van der Waals surface area contributed by atoms with Crippen LogP contribution >= 0.6 is 0 Å². The van der Waals surface area contributed by atoms with E-state index in [0.717, 1.165) is 0 Å². The highest BCUT2D eigenvalue weighted by molar-refractivity contribution is 5.95. The van der Waals surface area contributed by atoms with Gasteiger partial charge in [-0.05, 0) is 25.5 Å². The average molecular weight is 289 g/mol. The van der Waals surface area contributed by atoms with Gasteiger partial charge in [-0.25, -0.2) is 4.98 Å². The summed E-state index contributed by atoms with van der Waals surface area (Å²) in [6, 6.07) is 3.12. The lowest BCUT2D eigenvalue weighted by Gasteiger charge is -2.10. The van der Waals surface area contributed by atoms with Crippen molar-refractivity contribution in [2.24, 2.45) is 0 Å². The summed E-state index contributed by atoms with van der Waals surface area (Å²) in [7, 11) is 0. The van der Waals surface area contributed by atoms with E-state index in [1.807, 2.05) is 13.8 Å². The van der Waals surface area contributed by atoms with Gasteiger partial charge in [-0.3, -0.25) is 4.79 Å². The molecular formula is C13H18F3N3O. The van der Waals surface area contributed by atoms with Gasteiger partial charge in [0.2, 0.25) is 0 Å². The molecule has 1 aromatic rings. The van der Waals surface area contributed by atoms with E-state index in [2.05, 4.69) is 15.6 Å². The highest BCUT2D eigenvalue weighted by atomic mass is 19.4. The zero-order valence-corrected chi connectivity index (χ0v) is 11.5. The largest absolute Gasteiger partial charge is 0.390 e. The van der Waals surface area contributed by atoms with Crippen molar-refractivity contribution in [1.29, 1.82) is 0 Å². The molecule has 0 aromatic carbocycles. The molecule has 7 heteroatoms. The second kappa shape index (κ2) is 7.12. The second-order valence-corrected chi connectivity index (χ2v) is 4.24. The molecule has 1 rings (SSSR count). The Morgan fingerprint density at radius 1 is 1.30 bits per heavy atom. The summed E-state index contributed by atoms with van der Waals surface area (Å²) in [4.78, 5) is 16.1. The number of pyridine rings is 1. The van der Waals surface area contributed by atoms with Crippen LogP contribution in [0.25, 0.3) is 0 Å². The maximum Gasteiger partial charge on any atom is 0.390 e. The number of aromatic nitrogens is 1. The Bertz CT molecular complexity index is 461. The molecule has 2 N–H and O–H groups in total. The number of aryl methyl sites for hydroxylation is 1. The number of rotatable bonds is 6. The minimum absolute atomic E-state index is 0.315. The summed E-state index contributed by atoms with van der Waals surface area (Å²) in [6.45, 7) is 4.00. The first kappa shape index (κ1) is 16.3.